The van der Waals surface area contributed by atoms with Gasteiger partial charge in [0.1, 0.15) is 12.4 Å². The van der Waals surface area contributed by atoms with E-state index in [0.29, 0.717) is 4.47 Å². The molecular weight excluding hydrogens is 373 g/mol. The zero-order valence-electron chi connectivity index (χ0n) is 12.8. The van der Waals surface area contributed by atoms with Gasteiger partial charge in [0.15, 0.2) is 0 Å². The molecule has 0 saturated heterocycles. The summed E-state index contributed by atoms with van der Waals surface area (Å²) in [5.41, 5.74) is 4.13. The fraction of sp³-hybridized carbons (Fsp3) is 0.105. The summed E-state index contributed by atoms with van der Waals surface area (Å²) in [6, 6.07) is 18.1. The van der Waals surface area contributed by atoms with Gasteiger partial charge in [-0.15, -0.1) is 0 Å². The van der Waals surface area contributed by atoms with Crippen LogP contribution in [0.15, 0.2) is 65.1 Å². The van der Waals surface area contributed by atoms with Crippen LogP contribution in [0.25, 0.3) is 10.8 Å². The molecule has 3 rings (SSSR count). The Labute approximate surface area is 147 Å². The van der Waals surface area contributed by atoms with Gasteiger partial charge in [-0.3, -0.25) is 9.63 Å². The molecule has 0 saturated carbocycles. The summed E-state index contributed by atoms with van der Waals surface area (Å²) in [5.74, 6) is -0.560. The van der Waals surface area contributed by atoms with E-state index in [4.69, 9.17) is 4.84 Å². The zero-order valence-corrected chi connectivity index (χ0v) is 14.3. The van der Waals surface area contributed by atoms with Gasteiger partial charge in [-0.25, -0.2) is 9.87 Å². The van der Waals surface area contributed by atoms with Crippen LogP contribution in [0, 0.1) is 5.82 Å². The molecule has 0 aliphatic rings. The van der Waals surface area contributed by atoms with Gasteiger partial charge in [-0.2, -0.15) is 0 Å². The molecule has 3 aromatic carbocycles. The summed E-state index contributed by atoms with van der Waals surface area (Å²) in [7, 11) is 0. The second-order valence-electron chi connectivity index (χ2n) is 5.36. The first-order valence-corrected chi connectivity index (χ1v) is 8.24. The van der Waals surface area contributed by atoms with Crippen molar-refractivity contribution in [2.75, 3.05) is 0 Å². The van der Waals surface area contributed by atoms with E-state index in [0.717, 1.165) is 21.9 Å². The second-order valence-corrected chi connectivity index (χ2v) is 6.22. The van der Waals surface area contributed by atoms with E-state index in [2.05, 4.69) is 21.4 Å². The van der Waals surface area contributed by atoms with Crippen molar-refractivity contribution in [2.24, 2.45) is 0 Å². The van der Waals surface area contributed by atoms with E-state index in [9.17, 15) is 9.18 Å². The first-order chi connectivity index (χ1) is 11.6. The Hall–Kier alpha value is -2.24. The van der Waals surface area contributed by atoms with Crippen molar-refractivity contribution in [3.63, 3.8) is 0 Å². The summed E-state index contributed by atoms with van der Waals surface area (Å²) in [5, 5.41) is 2.15. The number of halogens is 2. The predicted molar refractivity (Wildman–Crippen MR) is 94.7 cm³/mol. The van der Waals surface area contributed by atoms with Crippen molar-refractivity contribution in [3.8, 4) is 0 Å². The van der Waals surface area contributed by atoms with E-state index >= 15 is 0 Å². The molecule has 3 aromatic rings. The van der Waals surface area contributed by atoms with E-state index < -0.39 is 0 Å². The average Bonchev–Trinajstić information content (AvgIpc) is 2.57. The van der Waals surface area contributed by atoms with Crippen molar-refractivity contribution in [1.29, 1.82) is 0 Å². The zero-order chi connectivity index (χ0) is 16.9. The maximum Gasteiger partial charge on any atom is 0.247 e. The first kappa shape index (κ1) is 16.6. The number of nitrogens with one attached hydrogen (secondary N) is 1. The Morgan fingerprint density at radius 3 is 2.67 bits per heavy atom. The minimum Gasteiger partial charge on any atom is -0.272 e. The van der Waals surface area contributed by atoms with Crippen molar-refractivity contribution >= 4 is 32.6 Å². The first-order valence-electron chi connectivity index (χ1n) is 7.44. The Bertz CT molecular complexity index is 877. The third-order valence-corrected chi connectivity index (χ3v) is 4.40. The SMILES string of the molecule is O=C(Cc1cccc2ccccc12)NOCc1ccc(F)cc1Br. The van der Waals surface area contributed by atoms with Crippen LogP contribution in [0.5, 0.6) is 0 Å². The quantitative estimate of drug-likeness (QED) is 0.653. The molecule has 0 unspecified atom stereocenters. The normalized spacial score (nSPS) is 10.8. The van der Waals surface area contributed by atoms with Crippen LogP contribution in [0.3, 0.4) is 0 Å². The Morgan fingerprint density at radius 2 is 1.83 bits per heavy atom. The van der Waals surface area contributed by atoms with E-state index in [-0.39, 0.29) is 24.8 Å². The highest BCUT2D eigenvalue weighted by Crippen LogP contribution is 2.20. The van der Waals surface area contributed by atoms with Gasteiger partial charge in [0, 0.05) is 4.47 Å². The van der Waals surface area contributed by atoms with Gasteiger partial charge < -0.3 is 0 Å². The van der Waals surface area contributed by atoms with Crippen LogP contribution in [-0.4, -0.2) is 5.91 Å². The highest BCUT2D eigenvalue weighted by Gasteiger charge is 2.08. The fourth-order valence-corrected chi connectivity index (χ4v) is 2.95. The molecule has 0 fully saturated rings. The lowest BCUT2D eigenvalue weighted by molar-refractivity contribution is -0.133. The smallest absolute Gasteiger partial charge is 0.247 e. The number of benzene rings is 3. The molecule has 5 heteroatoms. The monoisotopic (exact) mass is 387 g/mol. The van der Waals surface area contributed by atoms with E-state index in [1.54, 1.807) is 6.07 Å². The summed E-state index contributed by atoms with van der Waals surface area (Å²) < 4.78 is 13.6. The summed E-state index contributed by atoms with van der Waals surface area (Å²) in [6.07, 6.45) is 0.228. The van der Waals surface area contributed by atoms with Crippen molar-refractivity contribution in [3.05, 3.63) is 82.1 Å². The highest BCUT2D eigenvalue weighted by atomic mass is 79.9. The van der Waals surface area contributed by atoms with Gasteiger partial charge in [-0.05, 0) is 34.0 Å². The molecule has 0 bridgehead atoms. The third kappa shape index (κ3) is 3.99. The maximum absolute atomic E-state index is 13.0. The van der Waals surface area contributed by atoms with Crippen LogP contribution in [-0.2, 0) is 22.7 Å². The molecule has 0 spiro atoms. The Morgan fingerprint density at radius 1 is 1.04 bits per heavy atom. The minimum absolute atomic E-state index is 0.155. The number of carbonyl (C=O) groups excluding carboxylic acids is 1. The van der Waals surface area contributed by atoms with Gasteiger partial charge in [0.2, 0.25) is 5.91 Å². The molecule has 0 aliphatic heterocycles. The lowest BCUT2D eigenvalue weighted by Gasteiger charge is -2.09. The Kier molecular flexibility index (Phi) is 5.23. The largest absolute Gasteiger partial charge is 0.272 e. The molecule has 0 aliphatic carbocycles. The second kappa shape index (κ2) is 7.55. The van der Waals surface area contributed by atoms with Gasteiger partial charge in [0.05, 0.1) is 6.42 Å². The molecule has 1 amide bonds. The van der Waals surface area contributed by atoms with Crippen LogP contribution < -0.4 is 5.48 Å². The van der Waals surface area contributed by atoms with E-state index in [1.807, 2.05) is 42.5 Å². The highest BCUT2D eigenvalue weighted by molar-refractivity contribution is 9.10. The standard InChI is InChI=1S/C19H15BrFNO2/c20-18-11-16(21)9-8-15(18)12-24-22-19(23)10-14-6-3-5-13-4-1-2-7-17(13)14/h1-9,11H,10,12H2,(H,22,23). The molecule has 0 atom stereocenters. The van der Waals surface area contributed by atoms with E-state index in [1.165, 1.54) is 12.1 Å². The van der Waals surface area contributed by atoms with Crippen molar-refractivity contribution in [1.82, 2.24) is 5.48 Å². The van der Waals surface area contributed by atoms with Crippen LogP contribution >= 0.6 is 15.9 Å². The molecule has 122 valence electrons. The van der Waals surface area contributed by atoms with Gasteiger partial charge in [0.25, 0.3) is 0 Å². The minimum atomic E-state index is -0.328. The van der Waals surface area contributed by atoms with Gasteiger partial charge >= 0.3 is 0 Å². The summed E-state index contributed by atoms with van der Waals surface area (Å²) in [6.45, 7) is 0.155. The molecule has 0 heterocycles. The molecule has 1 N–H and O–H groups in total. The number of amides is 1. The van der Waals surface area contributed by atoms with Crippen molar-refractivity contribution < 1.29 is 14.0 Å². The maximum atomic E-state index is 13.0. The van der Waals surface area contributed by atoms with Crippen LogP contribution in [0.1, 0.15) is 11.1 Å². The van der Waals surface area contributed by atoms with Crippen LogP contribution in [0.4, 0.5) is 4.39 Å². The number of fused-ring (bicyclic) bond motifs is 1. The number of rotatable bonds is 5. The Balaban J connectivity index is 1.59. The third-order valence-electron chi connectivity index (χ3n) is 3.66. The lowest BCUT2D eigenvalue weighted by atomic mass is 10.0. The molecule has 24 heavy (non-hydrogen) atoms. The van der Waals surface area contributed by atoms with Crippen LogP contribution in [0.2, 0.25) is 0 Å². The number of hydrogen-bond donors (Lipinski definition) is 1. The number of hydrogen-bond acceptors (Lipinski definition) is 2. The summed E-state index contributed by atoms with van der Waals surface area (Å²) >= 11 is 3.26. The fourth-order valence-electron chi connectivity index (χ4n) is 2.49. The topological polar surface area (TPSA) is 38.3 Å². The predicted octanol–water partition coefficient (Wildman–Crippen LogP) is 4.53. The molecule has 0 radical (unpaired) electrons. The average molecular weight is 388 g/mol. The molecule has 3 nitrogen and oxygen atoms in total. The van der Waals surface area contributed by atoms with Crippen molar-refractivity contribution in [2.45, 2.75) is 13.0 Å². The summed E-state index contributed by atoms with van der Waals surface area (Å²) in [4.78, 5) is 17.3. The number of carbonyl (C=O) groups is 1. The molecular formula is C19H15BrFNO2. The lowest BCUT2D eigenvalue weighted by Crippen LogP contribution is -2.25. The van der Waals surface area contributed by atoms with Gasteiger partial charge in [-0.1, -0.05) is 64.5 Å². The number of hydroxylamine groups is 1. The molecule has 0 aromatic heterocycles.